The van der Waals surface area contributed by atoms with E-state index >= 15 is 0 Å². The van der Waals surface area contributed by atoms with Crippen molar-refractivity contribution in [2.75, 3.05) is 12.4 Å². The van der Waals surface area contributed by atoms with Gasteiger partial charge in [-0.3, -0.25) is 5.32 Å². The molecule has 0 saturated heterocycles. The van der Waals surface area contributed by atoms with Gasteiger partial charge in [0, 0.05) is 1.43 Å². The highest BCUT2D eigenvalue weighted by atomic mass is 19.1. The van der Waals surface area contributed by atoms with E-state index in [2.05, 4.69) is 5.32 Å². The van der Waals surface area contributed by atoms with Crippen LogP contribution in [0.5, 0.6) is 5.75 Å². The van der Waals surface area contributed by atoms with Crippen LogP contribution in [-0.4, -0.2) is 18.8 Å². The summed E-state index contributed by atoms with van der Waals surface area (Å²) in [7, 11) is 1.36. The molecule has 0 aromatic heterocycles. The third kappa shape index (κ3) is 3.94. The molecule has 17 heavy (non-hydrogen) atoms. The maximum absolute atomic E-state index is 13.7. The van der Waals surface area contributed by atoms with E-state index in [-0.39, 0.29) is 12.9 Å². The molecule has 0 aliphatic rings. The summed E-state index contributed by atoms with van der Waals surface area (Å²) in [6.07, 6.45) is -0.704. The Morgan fingerprint density at radius 1 is 1.41 bits per heavy atom. The molecule has 0 aliphatic carbocycles. The Morgan fingerprint density at radius 3 is 2.59 bits per heavy atom. The van der Waals surface area contributed by atoms with E-state index in [1.807, 2.05) is 0 Å². The van der Waals surface area contributed by atoms with Crippen molar-refractivity contribution in [3.8, 4) is 5.75 Å². The summed E-state index contributed by atoms with van der Waals surface area (Å²) < 4.78 is 23.5. The fourth-order valence-electron chi connectivity index (χ4n) is 1.18. The van der Waals surface area contributed by atoms with Gasteiger partial charge in [0.2, 0.25) is 0 Å². The molecule has 0 atom stereocenters. The molecule has 1 aromatic carbocycles. The second-order valence-electron chi connectivity index (χ2n) is 4.45. The molecular weight excluding hydrogens is 225 g/mol. The zero-order valence-electron chi connectivity index (χ0n) is 10.3. The van der Waals surface area contributed by atoms with Gasteiger partial charge in [-0.05, 0) is 32.9 Å². The summed E-state index contributed by atoms with van der Waals surface area (Å²) in [6, 6.07) is 4.48. The molecule has 0 bridgehead atoms. The monoisotopic (exact) mass is 243 g/mol. The number of carbonyl (C=O) groups excluding carboxylic acids is 1. The van der Waals surface area contributed by atoms with Crippen molar-refractivity contribution in [2.24, 2.45) is 0 Å². The summed E-state index contributed by atoms with van der Waals surface area (Å²) in [5.74, 6) is -0.556. The lowest BCUT2D eigenvalue weighted by Gasteiger charge is -2.20. The van der Waals surface area contributed by atoms with Gasteiger partial charge in [-0.15, -0.1) is 0 Å². The number of amides is 1. The second kappa shape index (κ2) is 5.03. The molecule has 96 valence electrons. The average molecular weight is 243 g/mol. The normalized spacial score (nSPS) is 10.9. The molecule has 5 heteroatoms. The second-order valence-corrected chi connectivity index (χ2v) is 4.45. The van der Waals surface area contributed by atoms with Crippen LogP contribution in [0.1, 0.15) is 22.2 Å². The number of hydrogen-bond donors (Lipinski definition) is 1. The Kier molecular flexibility index (Phi) is 3.93. The lowest BCUT2D eigenvalue weighted by molar-refractivity contribution is 0.0635. The number of halogens is 1. The molecule has 1 amide bonds. The predicted octanol–water partition coefficient (Wildman–Crippen LogP) is 3.43. The highest BCUT2D eigenvalue weighted by molar-refractivity contribution is 5.85. The average Bonchev–Trinajstić information content (AvgIpc) is 2.18. The minimum atomic E-state index is -0.704. The van der Waals surface area contributed by atoms with E-state index in [4.69, 9.17) is 9.47 Å². The first-order chi connectivity index (χ1) is 7.83. The maximum atomic E-state index is 13.7. The van der Waals surface area contributed by atoms with Crippen LogP contribution in [0, 0.1) is 5.82 Å². The zero-order chi connectivity index (χ0) is 13.1. The minimum Gasteiger partial charge on any atom is -0.494 e. The van der Waals surface area contributed by atoms with Crippen LogP contribution < -0.4 is 10.1 Å². The Hall–Kier alpha value is -1.78. The van der Waals surface area contributed by atoms with Gasteiger partial charge in [0.25, 0.3) is 0 Å². The SMILES string of the molecule is COc1cccc(NC(=O)OC(C)(C)C)c1F.[HH]. The van der Waals surface area contributed by atoms with Crippen molar-refractivity contribution < 1.29 is 20.1 Å². The number of ether oxygens (including phenoxy) is 2. The van der Waals surface area contributed by atoms with E-state index in [0.717, 1.165) is 0 Å². The van der Waals surface area contributed by atoms with Crippen LogP contribution in [0.2, 0.25) is 0 Å². The van der Waals surface area contributed by atoms with Crippen molar-refractivity contribution in [3.05, 3.63) is 24.0 Å². The summed E-state index contributed by atoms with van der Waals surface area (Å²) in [4.78, 5) is 11.4. The van der Waals surface area contributed by atoms with Gasteiger partial charge in [0.1, 0.15) is 5.60 Å². The van der Waals surface area contributed by atoms with Crippen molar-refractivity contribution in [2.45, 2.75) is 26.4 Å². The van der Waals surface area contributed by atoms with Crippen molar-refractivity contribution in [1.82, 2.24) is 0 Å². The van der Waals surface area contributed by atoms with Gasteiger partial charge in [0.05, 0.1) is 12.8 Å². The summed E-state index contributed by atoms with van der Waals surface area (Å²) in [5.41, 5.74) is -0.599. The molecule has 1 aromatic rings. The van der Waals surface area contributed by atoms with E-state index < -0.39 is 17.5 Å². The summed E-state index contributed by atoms with van der Waals surface area (Å²) in [6.45, 7) is 5.19. The van der Waals surface area contributed by atoms with Crippen LogP contribution in [0.15, 0.2) is 18.2 Å². The van der Waals surface area contributed by atoms with Gasteiger partial charge >= 0.3 is 6.09 Å². The van der Waals surface area contributed by atoms with Crippen LogP contribution in [0.3, 0.4) is 0 Å². The van der Waals surface area contributed by atoms with Crippen LogP contribution in [0.25, 0.3) is 0 Å². The van der Waals surface area contributed by atoms with E-state index in [0.29, 0.717) is 0 Å². The first-order valence-corrected chi connectivity index (χ1v) is 5.16. The molecule has 0 aliphatic heterocycles. The van der Waals surface area contributed by atoms with Gasteiger partial charge in [-0.25, -0.2) is 9.18 Å². The number of hydrogen-bond acceptors (Lipinski definition) is 3. The van der Waals surface area contributed by atoms with Gasteiger partial charge in [0.15, 0.2) is 11.6 Å². The molecule has 0 unspecified atom stereocenters. The quantitative estimate of drug-likeness (QED) is 0.865. The van der Waals surface area contributed by atoms with E-state index in [1.165, 1.54) is 19.2 Å². The fraction of sp³-hybridized carbons (Fsp3) is 0.417. The minimum absolute atomic E-state index is 0. The third-order valence-corrected chi connectivity index (χ3v) is 1.82. The summed E-state index contributed by atoms with van der Waals surface area (Å²) >= 11 is 0. The highest BCUT2D eigenvalue weighted by Crippen LogP contribution is 2.24. The molecule has 4 nitrogen and oxygen atoms in total. The summed E-state index contributed by atoms with van der Waals surface area (Å²) in [5, 5.41) is 2.33. The molecule has 0 spiro atoms. The Balaban J connectivity index is 0.00000289. The zero-order valence-corrected chi connectivity index (χ0v) is 10.3. The number of benzene rings is 1. The Morgan fingerprint density at radius 2 is 2.06 bits per heavy atom. The molecule has 0 heterocycles. The molecule has 0 saturated carbocycles. The van der Waals surface area contributed by atoms with Crippen molar-refractivity contribution in [3.63, 3.8) is 0 Å². The first kappa shape index (κ1) is 13.3. The fourth-order valence-corrected chi connectivity index (χ4v) is 1.18. The number of carbonyl (C=O) groups is 1. The van der Waals surface area contributed by atoms with Crippen molar-refractivity contribution in [1.29, 1.82) is 0 Å². The molecule has 1 N–H and O–H groups in total. The number of anilines is 1. The molecule has 1 rings (SSSR count). The predicted molar refractivity (Wildman–Crippen MR) is 64.9 cm³/mol. The van der Waals surface area contributed by atoms with Crippen LogP contribution in [-0.2, 0) is 4.74 Å². The molecule has 0 fully saturated rings. The smallest absolute Gasteiger partial charge is 0.412 e. The number of nitrogens with one attached hydrogen (secondary N) is 1. The lowest BCUT2D eigenvalue weighted by atomic mass is 10.2. The van der Waals surface area contributed by atoms with Gasteiger partial charge in [-0.1, -0.05) is 6.07 Å². The lowest BCUT2D eigenvalue weighted by Crippen LogP contribution is -2.27. The van der Waals surface area contributed by atoms with E-state index in [1.54, 1.807) is 26.8 Å². The third-order valence-electron chi connectivity index (χ3n) is 1.82. The maximum Gasteiger partial charge on any atom is 0.412 e. The standard InChI is InChI=1S/C12H16FNO3.H2/c1-12(2,3)17-11(15)14-8-6-5-7-9(16-4)10(8)13;/h5-7H,1-4H3,(H,14,15);1H. The largest absolute Gasteiger partial charge is 0.494 e. The highest BCUT2D eigenvalue weighted by Gasteiger charge is 2.18. The molecular formula is C12H18FNO3. The van der Waals surface area contributed by atoms with Crippen LogP contribution >= 0.6 is 0 Å². The topological polar surface area (TPSA) is 47.6 Å². The van der Waals surface area contributed by atoms with E-state index in [9.17, 15) is 9.18 Å². The first-order valence-electron chi connectivity index (χ1n) is 5.16. The Labute approximate surface area is 101 Å². The van der Waals surface area contributed by atoms with Crippen molar-refractivity contribution >= 4 is 11.8 Å². The molecule has 0 radical (unpaired) electrons. The van der Waals surface area contributed by atoms with Crippen LogP contribution in [0.4, 0.5) is 14.9 Å². The number of rotatable bonds is 2. The van der Waals surface area contributed by atoms with Gasteiger partial charge in [-0.2, -0.15) is 0 Å². The Bertz CT molecular complexity index is 418. The van der Waals surface area contributed by atoms with Gasteiger partial charge < -0.3 is 9.47 Å². The number of methoxy groups -OCH3 is 1.